The molecule has 7 aromatic rings. The van der Waals surface area contributed by atoms with Gasteiger partial charge in [0.15, 0.2) is 5.52 Å². The van der Waals surface area contributed by atoms with Crippen molar-refractivity contribution in [3.8, 4) is 22.2 Å². The third-order valence-corrected chi connectivity index (χ3v) is 7.31. The van der Waals surface area contributed by atoms with Gasteiger partial charge in [0.1, 0.15) is 5.69 Å². The first-order valence-electron chi connectivity index (χ1n) is 11.6. The number of nitro groups is 1. The molecule has 0 N–H and O–H groups in total. The van der Waals surface area contributed by atoms with Gasteiger partial charge in [-0.25, -0.2) is 0 Å². The van der Waals surface area contributed by atoms with Gasteiger partial charge < -0.3 is 0 Å². The van der Waals surface area contributed by atoms with Gasteiger partial charge >= 0.3 is 5.13 Å². The van der Waals surface area contributed by atoms with Gasteiger partial charge in [-0.3, -0.25) is 10.1 Å². The van der Waals surface area contributed by atoms with Crippen LogP contribution in [-0.2, 0) is 0 Å². The van der Waals surface area contributed by atoms with Crippen molar-refractivity contribution in [1.29, 1.82) is 0 Å². The van der Waals surface area contributed by atoms with Gasteiger partial charge in [0.25, 0.3) is 11.5 Å². The van der Waals surface area contributed by atoms with Crippen molar-refractivity contribution in [2.75, 3.05) is 0 Å². The number of nitrogens with zero attached hydrogens (tertiary/aromatic N) is 6. The Hall–Kier alpha value is -5.02. The molecule has 0 spiro atoms. The molecule has 0 aliphatic rings. The summed E-state index contributed by atoms with van der Waals surface area (Å²) in [6, 6.07) is 32.5. The van der Waals surface area contributed by atoms with Crippen LogP contribution in [0, 0.1) is 10.1 Å². The van der Waals surface area contributed by atoms with E-state index in [4.69, 9.17) is 15.2 Å². The van der Waals surface area contributed by atoms with Crippen molar-refractivity contribution in [2.24, 2.45) is 0 Å². The second-order valence-corrected chi connectivity index (χ2v) is 9.51. The fourth-order valence-electron chi connectivity index (χ4n) is 4.60. The molecule has 8 nitrogen and oxygen atoms in total. The monoisotopic (exact) mass is 501 g/mol. The molecule has 0 aliphatic heterocycles. The fraction of sp³-hybridized carbons (Fsp3) is 0. The zero-order valence-corrected chi connectivity index (χ0v) is 20.0. The summed E-state index contributed by atoms with van der Waals surface area (Å²) in [4.78, 5) is 19.7. The molecule has 176 valence electrons. The molecule has 0 amide bonds. The average molecular weight is 502 g/mol. The minimum absolute atomic E-state index is 0.0424. The van der Waals surface area contributed by atoms with Gasteiger partial charge in [-0.05, 0) is 50.4 Å². The lowest BCUT2D eigenvalue weighted by molar-refractivity contribution is -0.733. The maximum Gasteiger partial charge on any atom is 0.365 e. The van der Waals surface area contributed by atoms with Crippen molar-refractivity contribution in [2.45, 2.75) is 0 Å². The third kappa shape index (κ3) is 3.44. The Labute approximate surface area is 213 Å². The van der Waals surface area contributed by atoms with Crippen LogP contribution in [0.3, 0.4) is 0 Å². The molecular weight excluding hydrogens is 484 g/mol. The van der Waals surface area contributed by atoms with Crippen LogP contribution >= 0.6 is 11.3 Å². The highest BCUT2D eigenvalue weighted by Crippen LogP contribution is 2.32. The molecule has 0 fully saturated rings. The minimum Gasteiger partial charge on any atom is -0.258 e. The van der Waals surface area contributed by atoms with E-state index in [9.17, 15) is 10.1 Å². The summed E-state index contributed by atoms with van der Waals surface area (Å²) in [7, 11) is 0. The number of non-ortho nitro benzene ring substituents is 1. The van der Waals surface area contributed by atoms with Crippen LogP contribution < -0.4 is 4.80 Å². The van der Waals surface area contributed by atoms with Gasteiger partial charge in [-0.2, -0.15) is 0 Å². The quantitative estimate of drug-likeness (QED) is 0.167. The van der Waals surface area contributed by atoms with E-state index in [0.717, 1.165) is 26.6 Å². The first-order chi connectivity index (χ1) is 18.2. The Morgan fingerprint density at radius 3 is 2.32 bits per heavy atom. The number of nitro benzene ring substituents is 1. The highest BCUT2D eigenvalue weighted by molar-refractivity contribution is 7.20. The fourth-order valence-corrected chi connectivity index (χ4v) is 5.52. The number of hydrogen-bond acceptors (Lipinski definition) is 6. The molecule has 0 saturated heterocycles. The highest BCUT2D eigenvalue weighted by atomic mass is 32.1. The number of tetrazole rings is 1. The highest BCUT2D eigenvalue weighted by Gasteiger charge is 2.27. The molecule has 9 heteroatoms. The van der Waals surface area contributed by atoms with Crippen molar-refractivity contribution < 1.29 is 9.72 Å². The smallest absolute Gasteiger partial charge is 0.258 e. The number of thiazole rings is 1. The molecule has 5 aromatic carbocycles. The Morgan fingerprint density at radius 1 is 0.784 bits per heavy atom. The Morgan fingerprint density at radius 2 is 1.51 bits per heavy atom. The number of rotatable bonds is 4. The van der Waals surface area contributed by atoms with Crippen LogP contribution in [0.1, 0.15) is 0 Å². The predicted molar refractivity (Wildman–Crippen MR) is 143 cm³/mol. The predicted octanol–water partition coefficient (Wildman–Crippen LogP) is 6.04. The van der Waals surface area contributed by atoms with Gasteiger partial charge in [-0.1, -0.05) is 83.1 Å². The zero-order chi connectivity index (χ0) is 24.9. The van der Waals surface area contributed by atoms with Crippen LogP contribution in [0.2, 0.25) is 0 Å². The van der Waals surface area contributed by atoms with Crippen molar-refractivity contribution >= 4 is 48.8 Å². The number of hydrogen-bond donors (Lipinski definition) is 0. The van der Waals surface area contributed by atoms with Crippen molar-refractivity contribution in [3.63, 3.8) is 0 Å². The molecule has 0 aliphatic carbocycles. The van der Waals surface area contributed by atoms with Crippen LogP contribution in [0.15, 0.2) is 103 Å². The number of aromatic nitrogens is 5. The Bertz CT molecular complexity index is 1980. The van der Waals surface area contributed by atoms with Crippen LogP contribution in [-0.4, -0.2) is 24.9 Å². The van der Waals surface area contributed by atoms with Crippen molar-refractivity contribution in [1.82, 2.24) is 20.0 Å². The van der Waals surface area contributed by atoms with Crippen LogP contribution in [0.5, 0.6) is 0 Å². The second-order valence-electron chi connectivity index (χ2n) is 8.50. The second kappa shape index (κ2) is 8.28. The topological polar surface area (TPSA) is 90.6 Å². The number of benzene rings is 5. The summed E-state index contributed by atoms with van der Waals surface area (Å²) < 4.78 is 1.03. The van der Waals surface area contributed by atoms with E-state index in [1.807, 2.05) is 54.6 Å². The summed E-state index contributed by atoms with van der Waals surface area (Å²) in [6.45, 7) is 0. The maximum atomic E-state index is 11.7. The lowest BCUT2D eigenvalue weighted by atomic mass is 10.1. The summed E-state index contributed by atoms with van der Waals surface area (Å²) in [5, 5.41) is 25.5. The van der Waals surface area contributed by atoms with Crippen molar-refractivity contribution in [3.05, 3.63) is 113 Å². The Kier molecular flexibility index (Phi) is 4.76. The zero-order valence-electron chi connectivity index (χ0n) is 19.2. The van der Waals surface area contributed by atoms with E-state index in [1.54, 1.807) is 27.8 Å². The van der Waals surface area contributed by atoms with Crippen LogP contribution in [0.25, 0.3) is 54.0 Å². The number of fused-ring (bicyclic) bond motifs is 4. The molecule has 2 heterocycles. The normalized spacial score (nSPS) is 11.5. The van der Waals surface area contributed by atoms with Crippen LogP contribution in [0.4, 0.5) is 5.69 Å². The Balaban J connectivity index is 1.52. The molecule has 0 bridgehead atoms. The molecule has 0 unspecified atom stereocenters. The average Bonchev–Trinajstić information content (AvgIpc) is 3.58. The van der Waals surface area contributed by atoms with E-state index in [-0.39, 0.29) is 10.6 Å². The summed E-state index contributed by atoms with van der Waals surface area (Å²) >= 11 is 1.52. The first kappa shape index (κ1) is 21.3. The molecule has 7 rings (SSSR count). The molecule has 0 saturated carbocycles. The molecule has 0 radical (unpaired) electrons. The van der Waals surface area contributed by atoms with E-state index in [1.165, 1.54) is 17.4 Å². The SMILES string of the molecule is O=[N+]([O-])c1ccc(-n2nc(-c3ccccc3)n[n+]2-c2nc3c(ccc4ccccc43)s2)c2ccccc12. The summed E-state index contributed by atoms with van der Waals surface area (Å²) in [5.74, 6) is 0.521. The lowest BCUT2D eigenvalue weighted by Crippen LogP contribution is -2.43. The van der Waals surface area contributed by atoms with Gasteiger partial charge in [0, 0.05) is 27.5 Å². The largest absolute Gasteiger partial charge is 0.365 e. The molecule has 0 atom stereocenters. The van der Waals surface area contributed by atoms with E-state index in [2.05, 4.69) is 24.3 Å². The van der Waals surface area contributed by atoms with Gasteiger partial charge in [0.2, 0.25) is 0 Å². The summed E-state index contributed by atoms with van der Waals surface area (Å²) in [5.41, 5.74) is 2.46. The van der Waals surface area contributed by atoms with E-state index in [0.29, 0.717) is 27.4 Å². The maximum absolute atomic E-state index is 11.7. The molecular formula is C28H17N6O2S+. The van der Waals surface area contributed by atoms with E-state index >= 15 is 0 Å². The third-order valence-electron chi connectivity index (χ3n) is 6.32. The first-order valence-corrected chi connectivity index (χ1v) is 12.4. The minimum atomic E-state index is -0.366. The summed E-state index contributed by atoms with van der Waals surface area (Å²) in [6.07, 6.45) is 0. The lowest BCUT2D eigenvalue weighted by Gasteiger charge is -2.05. The molecule has 2 aromatic heterocycles. The van der Waals surface area contributed by atoms with Gasteiger partial charge in [0.05, 0.1) is 15.0 Å². The van der Waals surface area contributed by atoms with E-state index < -0.39 is 0 Å². The standard InChI is InChI=1S/C28H17N6O2S/c35-34(36)24-16-15-23(21-12-6-7-13-22(21)24)32-30-27(19-9-2-1-3-10-19)31-33(32)28-29-26-20-11-5-4-8-18(20)14-17-25(26)37-28/h1-17H/q+1. The van der Waals surface area contributed by atoms with Gasteiger partial charge in [-0.15, -0.1) is 0 Å². The molecule has 37 heavy (non-hydrogen) atoms.